The van der Waals surface area contributed by atoms with Crippen molar-refractivity contribution in [2.24, 2.45) is 0 Å². The molecule has 1 aliphatic heterocycles. The van der Waals surface area contributed by atoms with Gasteiger partial charge in [0.15, 0.2) is 0 Å². The Bertz CT molecular complexity index is 1040. The Morgan fingerprint density at radius 3 is 1.07 bits per heavy atom. The first-order valence-corrected chi connectivity index (χ1v) is 24.1. The zero-order valence-electron chi connectivity index (χ0n) is 36.9. The number of benzene rings is 2. The second-order valence-electron chi connectivity index (χ2n) is 17.4. The first-order chi connectivity index (χ1) is 27.0. The van der Waals surface area contributed by atoms with Gasteiger partial charge in [-0.2, -0.15) is 0 Å². The van der Waals surface area contributed by atoms with Crippen molar-refractivity contribution < 1.29 is 5.11 Å². The van der Waals surface area contributed by atoms with Gasteiger partial charge in [-0.1, -0.05) is 205 Å². The molecule has 1 saturated heterocycles. The maximum atomic E-state index is 12.7. The van der Waals surface area contributed by atoms with E-state index in [-0.39, 0.29) is 6.04 Å². The minimum atomic E-state index is -1.04. The Kier molecular flexibility index (Phi) is 26.3. The van der Waals surface area contributed by atoms with Crippen LogP contribution < -0.4 is 5.32 Å². The molecule has 0 unspecified atom stereocenters. The normalized spacial score (nSPS) is 14.9. The first-order valence-electron chi connectivity index (χ1n) is 24.1. The van der Waals surface area contributed by atoms with E-state index >= 15 is 0 Å². The van der Waals surface area contributed by atoms with Crippen LogP contribution in [0.1, 0.15) is 217 Å². The molecule has 314 valence electrons. The molecule has 1 fully saturated rings. The number of aliphatic hydroxyl groups is 1. The van der Waals surface area contributed by atoms with Gasteiger partial charge in [-0.05, 0) is 93.5 Å². The molecule has 4 heteroatoms. The molecule has 2 N–H and O–H groups in total. The number of unbranched alkanes of at least 4 members (excludes halogenated alkanes) is 20. The molecule has 0 radical (unpaired) electrons. The summed E-state index contributed by atoms with van der Waals surface area (Å²) in [5.74, 6) is 0. The smallest absolute Gasteiger partial charge is 0.130 e. The van der Waals surface area contributed by atoms with Crippen LogP contribution in [0.25, 0.3) is 0 Å². The van der Waals surface area contributed by atoms with Crippen molar-refractivity contribution in [3.05, 3.63) is 70.8 Å². The van der Waals surface area contributed by atoms with Gasteiger partial charge in [0.1, 0.15) is 5.60 Å². The van der Waals surface area contributed by atoms with E-state index < -0.39 is 5.60 Å². The molecule has 0 bridgehead atoms. The number of nitrogens with zero attached hydrogens (tertiary/aromatic N) is 2. The van der Waals surface area contributed by atoms with Crippen LogP contribution >= 0.6 is 0 Å². The Morgan fingerprint density at radius 2 is 0.782 bits per heavy atom. The van der Waals surface area contributed by atoms with E-state index in [2.05, 4.69) is 91.3 Å². The monoisotopic (exact) mass is 760 g/mol. The van der Waals surface area contributed by atoms with Gasteiger partial charge in [-0.3, -0.25) is 9.80 Å². The van der Waals surface area contributed by atoms with Crippen LogP contribution in [0, 0.1) is 0 Å². The zero-order valence-corrected chi connectivity index (χ0v) is 36.9. The van der Waals surface area contributed by atoms with Crippen LogP contribution in [0.15, 0.2) is 48.5 Å². The Hall–Kier alpha value is -1.72. The average molecular weight is 760 g/mol. The molecule has 0 spiro atoms. The highest BCUT2D eigenvalue weighted by Gasteiger charge is 2.41. The molecule has 2 aromatic carbocycles. The molecule has 2 aromatic rings. The summed E-state index contributed by atoms with van der Waals surface area (Å²) in [6.07, 6.45) is 34.5. The lowest BCUT2D eigenvalue weighted by molar-refractivity contribution is 0.0442. The summed E-state index contributed by atoms with van der Waals surface area (Å²) in [7, 11) is 0. The van der Waals surface area contributed by atoms with E-state index in [1.807, 2.05) is 0 Å². The van der Waals surface area contributed by atoms with Crippen LogP contribution in [0.3, 0.4) is 0 Å². The molecule has 0 amide bonds. The third-order valence-electron chi connectivity index (χ3n) is 12.5. The van der Waals surface area contributed by atoms with Gasteiger partial charge in [0.05, 0.1) is 0 Å². The van der Waals surface area contributed by atoms with Crippen molar-refractivity contribution in [1.82, 2.24) is 15.1 Å². The molecule has 0 aromatic heterocycles. The number of rotatable bonds is 35. The van der Waals surface area contributed by atoms with Crippen molar-refractivity contribution >= 4 is 0 Å². The van der Waals surface area contributed by atoms with Gasteiger partial charge in [0.25, 0.3) is 0 Å². The summed E-state index contributed by atoms with van der Waals surface area (Å²) >= 11 is 0. The summed E-state index contributed by atoms with van der Waals surface area (Å²) in [5.41, 5.74) is 3.74. The van der Waals surface area contributed by atoms with E-state index in [0.29, 0.717) is 0 Å². The van der Waals surface area contributed by atoms with Gasteiger partial charge in [0, 0.05) is 19.1 Å². The second-order valence-corrected chi connectivity index (χ2v) is 17.4. The minimum absolute atomic E-state index is 0.0260. The van der Waals surface area contributed by atoms with E-state index in [9.17, 15) is 5.11 Å². The summed E-state index contributed by atoms with van der Waals surface area (Å²) in [4.78, 5) is 5.42. The van der Waals surface area contributed by atoms with Gasteiger partial charge in [0.2, 0.25) is 0 Å². The quantitative estimate of drug-likeness (QED) is 0.0687. The van der Waals surface area contributed by atoms with Crippen molar-refractivity contribution in [1.29, 1.82) is 0 Å². The Morgan fingerprint density at radius 1 is 0.473 bits per heavy atom. The topological polar surface area (TPSA) is 38.7 Å². The third kappa shape index (κ3) is 19.1. The molecule has 55 heavy (non-hydrogen) atoms. The lowest BCUT2D eigenvalue weighted by Crippen LogP contribution is -2.46. The average Bonchev–Trinajstić information content (AvgIpc) is 3.76. The molecule has 1 atom stereocenters. The van der Waals surface area contributed by atoms with Crippen LogP contribution in [0.2, 0.25) is 0 Å². The van der Waals surface area contributed by atoms with E-state index in [1.165, 1.54) is 191 Å². The summed E-state index contributed by atoms with van der Waals surface area (Å²) in [6, 6.07) is 18.2. The fraction of sp³-hybridized carbons (Fsp3) is 0.765. The molecule has 0 saturated carbocycles. The van der Waals surface area contributed by atoms with Crippen LogP contribution in [-0.4, -0.2) is 53.7 Å². The SMILES string of the molecule is CCCCCCCCN(CCCCCCCC)Cc1ccc(C(O)(c2ccc(CN(CCCCCCCC)CCCCCCCC)cc2)[C@@H]2CCCN2)cc1. The maximum absolute atomic E-state index is 12.7. The van der Waals surface area contributed by atoms with Gasteiger partial charge >= 0.3 is 0 Å². The van der Waals surface area contributed by atoms with Gasteiger partial charge < -0.3 is 10.4 Å². The zero-order chi connectivity index (χ0) is 39.2. The van der Waals surface area contributed by atoms with Crippen LogP contribution in [0.4, 0.5) is 0 Å². The molecule has 3 rings (SSSR count). The molecular formula is C51H89N3O. The molecule has 1 heterocycles. The second kappa shape index (κ2) is 30.4. The van der Waals surface area contributed by atoms with Crippen molar-refractivity contribution in [2.45, 2.75) is 219 Å². The standard InChI is InChI=1S/C51H89N3O/c1-5-9-13-17-21-25-40-53(41-26-22-18-14-10-6-2)44-46-31-35-48(36-32-46)51(55,50-30-29-39-52-50)49-37-33-47(34-38-49)45-54(42-27-23-19-15-11-7-3)43-28-24-20-16-12-8-4/h31-38,50,52,55H,5-30,39-45H2,1-4H3/t50-/m0/s1. The molecule has 0 aliphatic carbocycles. The molecule has 4 nitrogen and oxygen atoms in total. The van der Waals surface area contributed by atoms with Crippen molar-refractivity contribution in [3.8, 4) is 0 Å². The fourth-order valence-electron chi connectivity index (χ4n) is 8.86. The largest absolute Gasteiger partial charge is 0.379 e. The lowest BCUT2D eigenvalue weighted by atomic mass is 9.79. The van der Waals surface area contributed by atoms with Crippen molar-refractivity contribution in [2.75, 3.05) is 32.7 Å². The van der Waals surface area contributed by atoms with Crippen molar-refractivity contribution in [3.63, 3.8) is 0 Å². The third-order valence-corrected chi connectivity index (χ3v) is 12.5. The summed E-state index contributed by atoms with van der Waals surface area (Å²) < 4.78 is 0. The molecule has 1 aliphatic rings. The van der Waals surface area contributed by atoms with Crippen LogP contribution in [-0.2, 0) is 18.7 Å². The maximum Gasteiger partial charge on any atom is 0.130 e. The summed E-state index contributed by atoms with van der Waals surface area (Å²) in [5, 5.41) is 16.4. The molecular weight excluding hydrogens is 671 g/mol. The Labute approximate surface area is 342 Å². The highest BCUT2D eigenvalue weighted by molar-refractivity contribution is 5.41. The highest BCUT2D eigenvalue weighted by Crippen LogP contribution is 2.37. The van der Waals surface area contributed by atoms with E-state index in [4.69, 9.17) is 0 Å². The number of hydrogen-bond donors (Lipinski definition) is 2. The van der Waals surface area contributed by atoms with E-state index in [1.54, 1.807) is 0 Å². The first kappa shape index (κ1) is 47.7. The van der Waals surface area contributed by atoms with Gasteiger partial charge in [-0.15, -0.1) is 0 Å². The van der Waals surface area contributed by atoms with Crippen LogP contribution in [0.5, 0.6) is 0 Å². The lowest BCUT2D eigenvalue weighted by Gasteiger charge is -2.36. The Balaban J connectivity index is 1.68. The highest BCUT2D eigenvalue weighted by atomic mass is 16.3. The van der Waals surface area contributed by atoms with Gasteiger partial charge in [-0.25, -0.2) is 0 Å². The minimum Gasteiger partial charge on any atom is -0.379 e. The predicted octanol–water partition coefficient (Wildman–Crippen LogP) is 13.7. The fourth-order valence-corrected chi connectivity index (χ4v) is 8.86. The predicted molar refractivity (Wildman–Crippen MR) is 241 cm³/mol. The summed E-state index contributed by atoms with van der Waals surface area (Å²) in [6.45, 7) is 17.0. The van der Waals surface area contributed by atoms with E-state index in [0.717, 1.165) is 43.6 Å². The number of hydrogen-bond acceptors (Lipinski definition) is 4. The number of nitrogens with one attached hydrogen (secondary N) is 1.